The monoisotopic (exact) mass is 689 g/mol. The fraction of sp³-hybridized carbons (Fsp3) is 0.457. The first kappa shape index (κ1) is 36.3. The predicted molar refractivity (Wildman–Crippen MR) is 184 cm³/mol. The summed E-state index contributed by atoms with van der Waals surface area (Å²) in [6, 6.07) is 13.1. The number of primary amides is 1. The summed E-state index contributed by atoms with van der Waals surface area (Å²) in [5.74, 6) is -0.0824. The summed E-state index contributed by atoms with van der Waals surface area (Å²) < 4.78 is 27.4. The Labute approximate surface area is 288 Å². The number of benzene rings is 2. The molecule has 1 aliphatic rings. The number of aryl methyl sites for hydroxylation is 3. The third kappa shape index (κ3) is 8.05. The molecule has 3 aromatic heterocycles. The van der Waals surface area contributed by atoms with E-state index < -0.39 is 17.2 Å². The predicted octanol–water partition coefficient (Wildman–Crippen LogP) is 3.19. The number of esters is 1. The molecule has 50 heavy (non-hydrogen) atoms. The van der Waals surface area contributed by atoms with Gasteiger partial charge in [-0.25, -0.2) is 28.3 Å². The van der Waals surface area contributed by atoms with Gasteiger partial charge in [0.1, 0.15) is 30.2 Å². The number of imidazole rings is 2. The third-order valence-corrected chi connectivity index (χ3v) is 9.11. The summed E-state index contributed by atoms with van der Waals surface area (Å²) >= 11 is 0. The first-order valence-corrected chi connectivity index (χ1v) is 16.6. The normalized spacial score (nSPS) is 17.2. The molecule has 3 heterocycles. The molecule has 1 amide bonds. The van der Waals surface area contributed by atoms with Crippen molar-refractivity contribution in [2.75, 3.05) is 33.9 Å². The number of aromatic nitrogens is 7. The maximum atomic E-state index is 14.0. The molecule has 1 aliphatic carbocycles. The lowest BCUT2D eigenvalue weighted by Crippen LogP contribution is -2.49. The average Bonchev–Trinajstić information content (AvgIpc) is 3.70. The van der Waals surface area contributed by atoms with Gasteiger partial charge < -0.3 is 25.1 Å². The van der Waals surface area contributed by atoms with Gasteiger partial charge in [0.25, 0.3) is 5.91 Å². The van der Waals surface area contributed by atoms with E-state index in [-0.39, 0.29) is 41.6 Å². The summed E-state index contributed by atoms with van der Waals surface area (Å²) in [7, 11) is 5.06. The zero-order chi connectivity index (χ0) is 36.0. The van der Waals surface area contributed by atoms with Gasteiger partial charge in [0.05, 0.1) is 11.0 Å². The minimum atomic E-state index is -0.741. The summed E-state index contributed by atoms with van der Waals surface area (Å²) in [6.45, 7) is 5.93. The van der Waals surface area contributed by atoms with Crippen molar-refractivity contribution in [2.24, 2.45) is 18.7 Å². The molecule has 2 atom stereocenters. The van der Waals surface area contributed by atoms with Crippen LogP contribution in [0.25, 0.3) is 16.7 Å². The van der Waals surface area contributed by atoms with E-state index in [0.29, 0.717) is 19.3 Å². The van der Waals surface area contributed by atoms with Crippen LogP contribution < -0.4 is 11.4 Å². The fourth-order valence-electron chi connectivity index (χ4n) is 6.85. The molecule has 0 saturated carbocycles. The maximum Gasteiger partial charge on any atom is 0.352 e. The SMILES string of the molecule is COCC(=O)O[C@]1(CCN(C)CCCc2nc3ccccc3[nH]2)CCc2cc(F)ccc2[C@@H]1C(C)C.Cn1nnc2c(C(N)=O)ncn2c1=O. The zero-order valence-electron chi connectivity index (χ0n) is 29.1. The Bertz CT molecular complexity index is 1990. The number of carbonyl (C=O) groups excluding carboxylic acids is 2. The quantitative estimate of drug-likeness (QED) is 0.185. The van der Waals surface area contributed by atoms with Crippen LogP contribution in [0, 0.1) is 11.7 Å². The fourth-order valence-corrected chi connectivity index (χ4v) is 6.85. The van der Waals surface area contributed by atoms with Gasteiger partial charge in [-0.05, 0) is 74.2 Å². The molecule has 266 valence electrons. The van der Waals surface area contributed by atoms with Gasteiger partial charge in [0, 0.05) is 39.5 Å². The van der Waals surface area contributed by atoms with Crippen LogP contribution in [0.5, 0.6) is 0 Å². The molecule has 0 bridgehead atoms. The van der Waals surface area contributed by atoms with Crippen molar-refractivity contribution >= 4 is 28.6 Å². The highest BCUT2D eigenvalue weighted by molar-refractivity contribution is 5.96. The van der Waals surface area contributed by atoms with Crippen LogP contribution >= 0.6 is 0 Å². The summed E-state index contributed by atoms with van der Waals surface area (Å²) in [6.07, 6.45) is 5.11. The second kappa shape index (κ2) is 15.7. The van der Waals surface area contributed by atoms with E-state index in [2.05, 4.69) is 51.1 Å². The first-order valence-electron chi connectivity index (χ1n) is 16.6. The largest absolute Gasteiger partial charge is 0.457 e. The van der Waals surface area contributed by atoms with E-state index in [9.17, 15) is 18.8 Å². The Morgan fingerprint density at radius 2 is 1.98 bits per heavy atom. The van der Waals surface area contributed by atoms with E-state index in [0.717, 1.165) is 63.0 Å². The topological polar surface area (TPSA) is 176 Å². The van der Waals surface area contributed by atoms with Crippen molar-refractivity contribution in [3.63, 3.8) is 0 Å². The van der Waals surface area contributed by atoms with Gasteiger partial charge in [0.15, 0.2) is 11.3 Å². The highest BCUT2D eigenvalue weighted by Gasteiger charge is 2.47. The van der Waals surface area contributed by atoms with Crippen LogP contribution in [0.4, 0.5) is 4.39 Å². The van der Waals surface area contributed by atoms with E-state index in [1.165, 1.54) is 26.6 Å². The van der Waals surface area contributed by atoms with Crippen molar-refractivity contribution < 1.29 is 23.5 Å². The smallest absolute Gasteiger partial charge is 0.352 e. The molecule has 0 spiro atoms. The molecule has 15 heteroatoms. The molecule has 0 unspecified atom stereocenters. The van der Waals surface area contributed by atoms with E-state index in [1.807, 2.05) is 30.3 Å². The number of methoxy groups -OCH3 is 1. The number of hydrogen-bond donors (Lipinski definition) is 2. The highest BCUT2D eigenvalue weighted by atomic mass is 19.1. The summed E-state index contributed by atoms with van der Waals surface area (Å²) in [4.78, 5) is 48.9. The maximum absolute atomic E-state index is 14.0. The van der Waals surface area contributed by atoms with E-state index >= 15 is 0 Å². The van der Waals surface area contributed by atoms with Crippen LogP contribution in [0.15, 0.2) is 53.6 Å². The van der Waals surface area contributed by atoms with Crippen molar-refractivity contribution in [3.8, 4) is 0 Å². The molecular weight excluding hydrogens is 645 g/mol. The lowest BCUT2D eigenvalue weighted by molar-refractivity contribution is -0.172. The van der Waals surface area contributed by atoms with Crippen molar-refractivity contribution in [3.05, 3.63) is 87.7 Å². The molecular formula is C35H44FN9O5. The number of nitrogens with zero attached hydrogens (tertiary/aromatic N) is 7. The Hall–Kier alpha value is -5.02. The molecule has 6 rings (SSSR count). The molecule has 0 saturated heterocycles. The Kier molecular flexibility index (Phi) is 11.4. The first-order chi connectivity index (χ1) is 23.9. The molecule has 0 fully saturated rings. The average molecular weight is 690 g/mol. The van der Waals surface area contributed by atoms with E-state index in [1.54, 1.807) is 6.07 Å². The van der Waals surface area contributed by atoms with Gasteiger partial charge in [0.2, 0.25) is 0 Å². The number of fused-ring (bicyclic) bond motifs is 3. The van der Waals surface area contributed by atoms with Gasteiger partial charge in [-0.2, -0.15) is 4.68 Å². The number of aromatic amines is 1. The molecule has 5 aromatic rings. The minimum Gasteiger partial charge on any atom is -0.457 e. The number of nitrogens with two attached hydrogens (primary N) is 1. The molecule has 0 radical (unpaired) electrons. The number of nitrogens with one attached hydrogen (secondary N) is 1. The molecule has 3 N–H and O–H groups in total. The molecule has 14 nitrogen and oxygen atoms in total. The van der Waals surface area contributed by atoms with Gasteiger partial charge in [-0.3, -0.25) is 4.79 Å². The number of hydrogen-bond acceptors (Lipinski definition) is 10. The van der Waals surface area contributed by atoms with Crippen LogP contribution in [0.3, 0.4) is 0 Å². The minimum absolute atomic E-state index is 0.00777. The van der Waals surface area contributed by atoms with Crippen LogP contribution in [0.1, 0.15) is 66.5 Å². The Morgan fingerprint density at radius 3 is 2.70 bits per heavy atom. The Morgan fingerprint density at radius 1 is 1.20 bits per heavy atom. The second-order valence-corrected chi connectivity index (χ2v) is 13.0. The molecule has 0 aliphatic heterocycles. The van der Waals surface area contributed by atoms with Crippen molar-refractivity contribution in [2.45, 2.75) is 57.5 Å². The highest BCUT2D eigenvalue weighted by Crippen LogP contribution is 2.48. The summed E-state index contributed by atoms with van der Waals surface area (Å²) in [5.41, 5.74) is 8.12. The lowest BCUT2D eigenvalue weighted by Gasteiger charge is -2.47. The standard InChI is InChI=1S/C29H38FN3O3.C6H6N6O2/c1-20(2)28-23-12-11-22(30)18-21(23)13-14-29(28,36-27(34)19-35-4)15-17-33(3)16-7-10-26-31-24-8-5-6-9-25(24)32-26;1-11-6(14)12-2-8-3(4(7)13)5(12)9-10-11/h5-6,8-9,11-12,18,20,28H,7,10,13-17,19H2,1-4H3,(H,31,32);2H,1H3,(H2,7,13)/t28-,29-;/m0./s1. The Balaban J connectivity index is 0.000000288. The number of amides is 1. The van der Waals surface area contributed by atoms with Crippen LogP contribution in [0.2, 0.25) is 0 Å². The van der Waals surface area contributed by atoms with Gasteiger partial charge in [-0.1, -0.05) is 37.3 Å². The van der Waals surface area contributed by atoms with E-state index in [4.69, 9.17) is 15.2 Å². The van der Waals surface area contributed by atoms with Crippen LogP contribution in [-0.4, -0.2) is 90.6 Å². The lowest BCUT2D eigenvalue weighted by atomic mass is 9.65. The van der Waals surface area contributed by atoms with Gasteiger partial charge >= 0.3 is 11.7 Å². The van der Waals surface area contributed by atoms with Gasteiger partial charge in [-0.15, -0.1) is 5.10 Å². The number of ether oxygens (including phenoxy) is 2. The van der Waals surface area contributed by atoms with Crippen molar-refractivity contribution in [1.29, 1.82) is 0 Å². The van der Waals surface area contributed by atoms with Crippen molar-refractivity contribution in [1.82, 2.24) is 39.2 Å². The number of H-pyrrole nitrogens is 1. The second-order valence-electron chi connectivity index (χ2n) is 13.0. The number of halogens is 1. The number of carbonyl (C=O) groups is 2. The molecule has 2 aromatic carbocycles. The summed E-state index contributed by atoms with van der Waals surface area (Å²) in [5, 5.41) is 7.14. The number of rotatable bonds is 12. The van der Waals surface area contributed by atoms with Crippen LogP contribution in [-0.2, 0) is 34.2 Å². The zero-order valence-corrected chi connectivity index (χ0v) is 29.1. The number of para-hydroxylation sites is 2. The third-order valence-electron chi connectivity index (χ3n) is 9.11.